The van der Waals surface area contributed by atoms with Gasteiger partial charge in [-0.05, 0) is 36.3 Å². The van der Waals surface area contributed by atoms with Crippen LogP contribution in [0.3, 0.4) is 0 Å². The van der Waals surface area contributed by atoms with Gasteiger partial charge in [0.1, 0.15) is 6.73 Å². The Hall–Kier alpha value is -1.92. The van der Waals surface area contributed by atoms with Crippen molar-refractivity contribution in [2.75, 3.05) is 17.7 Å². The van der Waals surface area contributed by atoms with E-state index in [-0.39, 0.29) is 0 Å². The topological polar surface area (TPSA) is 51.1 Å². The summed E-state index contributed by atoms with van der Waals surface area (Å²) in [6.07, 6.45) is 4.56. The number of methoxy groups -OCH3 is 1. The third-order valence-electron chi connectivity index (χ3n) is 2.77. The smallest absolute Gasteiger partial charge is 0.175 e. The Balaban J connectivity index is 1.90. The fraction of sp³-hybridized carbons (Fsp3) is 0.286. The van der Waals surface area contributed by atoms with Crippen molar-refractivity contribution in [3.63, 3.8) is 0 Å². The van der Waals surface area contributed by atoms with E-state index in [1.165, 1.54) is 5.56 Å². The maximum atomic E-state index is 5.26. The molecule has 106 valence electrons. The zero-order valence-electron chi connectivity index (χ0n) is 11.6. The summed E-state index contributed by atoms with van der Waals surface area (Å²) >= 11 is 5.26. The van der Waals surface area contributed by atoms with Gasteiger partial charge in [0.15, 0.2) is 5.11 Å². The second kappa shape index (κ2) is 7.02. The summed E-state index contributed by atoms with van der Waals surface area (Å²) in [6, 6.07) is 8.20. The Kier molecular flexibility index (Phi) is 5.09. The van der Waals surface area contributed by atoms with Crippen molar-refractivity contribution in [3.05, 3.63) is 42.2 Å². The summed E-state index contributed by atoms with van der Waals surface area (Å²) in [7, 11) is 1.63. The SMILES string of the molecule is CCc1ccc(NC(=S)Nc2cnn(COC)c2)cc1. The number of benzene rings is 1. The van der Waals surface area contributed by atoms with Gasteiger partial charge in [-0.15, -0.1) is 0 Å². The van der Waals surface area contributed by atoms with Gasteiger partial charge in [0, 0.05) is 12.8 Å². The fourth-order valence-corrected chi connectivity index (χ4v) is 1.98. The summed E-state index contributed by atoms with van der Waals surface area (Å²) in [6.45, 7) is 2.55. The summed E-state index contributed by atoms with van der Waals surface area (Å²) in [5.41, 5.74) is 3.09. The van der Waals surface area contributed by atoms with E-state index in [4.69, 9.17) is 17.0 Å². The van der Waals surface area contributed by atoms with Crippen LogP contribution >= 0.6 is 12.2 Å². The van der Waals surface area contributed by atoms with E-state index < -0.39 is 0 Å². The number of rotatable bonds is 5. The lowest BCUT2D eigenvalue weighted by molar-refractivity contribution is 0.120. The van der Waals surface area contributed by atoms with E-state index in [0.29, 0.717) is 11.8 Å². The molecule has 0 aliphatic rings. The fourth-order valence-electron chi connectivity index (χ4n) is 1.75. The van der Waals surface area contributed by atoms with Gasteiger partial charge < -0.3 is 15.4 Å². The second-order valence-electron chi connectivity index (χ2n) is 4.32. The highest BCUT2D eigenvalue weighted by molar-refractivity contribution is 7.80. The summed E-state index contributed by atoms with van der Waals surface area (Å²) in [4.78, 5) is 0. The normalized spacial score (nSPS) is 10.3. The number of aryl methyl sites for hydroxylation is 1. The third kappa shape index (κ3) is 4.04. The van der Waals surface area contributed by atoms with E-state index in [0.717, 1.165) is 17.8 Å². The van der Waals surface area contributed by atoms with Crippen molar-refractivity contribution in [1.82, 2.24) is 9.78 Å². The van der Waals surface area contributed by atoms with E-state index in [2.05, 4.69) is 34.8 Å². The minimum absolute atomic E-state index is 0.417. The van der Waals surface area contributed by atoms with Crippen LogP contribution in [-0.2, 0) is 17.9 Å². The zero-order chi connectivity index (χ0) is 14.4. The summed E-state index contributed by atoms with van der Waals surface area (Å²) in [5.74, 6) is 0. The van der Waals surface area contributed by atoms with Gasteiger partial charge in [0.25, 0.3) is 0 Å². The van der Waals surface area contributed by atoms with Gasteiger partial charge in [-0.3, -0.25) is 0 Å². The first-order valence-electron chi connectivity index (χ1n) is 6.39. The molecule has 6 heteroatoms. The maximum absolute atomic E-state index is 5.26. The average molecular weight is 290 g/mol. The first-order chi connectivity index (χ1) is 9.71. The number of anilines is 2. The van der Waals surface area contributed by atoms with Gasteiger partial charge in [-0.1, -0.05) is 19.1 Å². The molecule has 1 aromatic carbocycles. The molecule has 2 aromatic rings. The standard InChI is InChI=1S/C14H18N4OS/c1-3-11-4-6-12(7-5-11)16-14(20)17-13-8-15-18(9-13)10-19-2/h4-9H,3,10H2,1-2H3,(H2,16,17,20). The highest BCUT2D eigenvalue weighted by Gasteiger charge is 2.02. The molecule has 1 aromatic heterocycles. The van der Waals surface area contributed by atoms with Crippen LogP contribution in [0.2, 0.25) is 0 Å². The molecule has 0 bridgehead atoms. The molecule has 2 rings (SSSR count). The molecular formula is C14H18N4OS. The van der Waals surface area contributed by atoms with Crippen molar-refractivity contribution in [2.45, 2.75) is 20.1 Å². The van der Waals surface area contributed by atoms with Crippen molar-refractivity contribution in [2.24, 2.45) is 0 Å². The van der Waals surface area contributed by atoms with Gasteiger partial charge in [-0.25, -0.2) is 4.68 Å². The molecule has 0 fully saturated rings. The minimum Gasteiger partial charge on any atom is -0.362 e. The van der Waals surface area contributed by atoms with E-state index in [1.54, 1.807) is 18.0 Å². The molecule has 1 heterocycles. The molecule has 5 nitrogen and oxygen atoms in total. The molecule has 0 unspecified atom stereocenters. The van der Waals surface area contributed by atoms with Crippen molar-refractivity contribution >= 4 is 28.7 Å². The first kappa shape index (κ1) is 14.5. The molecule has 0 radical (unpaired) electrons. The molecule has 0 aliphatic heterocycles. The van der Waals surface area contributed by atoms with E-state index >= 15 is 0 Å². The van der Waals surface area contributed by atoms with Crippen LogP contribution in [0.4, 0.5) is 11.4 Å². The zero-order valence-corrected chi connectivity index (χ0v) is 12.4. The Morgan fingerprint density at radius 2 is 1.95 bits per heavy atom. The molecule has 0 spiro atoms. The van der Waals surface area contributed by atoms with Gasteiger partial charge in [-0.2, -0.15) is 5.10 Å². The number of nitrogens with one attached hydrogen (secondary N) is 2. The Bertz CT molecular complexity index is 565. The third-order valence-corrected chi connectivity index (χ3v) is 2.98. The molecule has 20 heavy (non-hydrogen) atoms. The number of nitrogens with zero attached hydrogens (tertiary/aromatic N) is 2. The van der Waals surface area contributed by atoms with E-state index in [1.807, 2.05) is 18.3 Å². The number of hydrogen-bond acceptors (Lipinski definition) is 3. The van der Waals surface area contributed by atoms with Gasteiger partial charge in [0.05, 0.1) is 18.1 Å². The van der Waals surface area contributed by atoms with Gasteiger partial charge >= 0.3 is 0 Å². The first-order valence-corrected chi connectivity index (χ1v) is 6.80. The molecule has 0 saturated carbocycles. The Morgan fingerprint density at radius 1 is 1.25 bits per heavy atom. The molecule has 0 atom stereocenters. The second-order valence-corrected chi connectivity index (χ2v) is 4.72. The largest absolute Gasteiger partial charge is 0.362 e. The van der Waals surface area contributed by atoms with Crippen LogP contribution < -0.4 is 10.6 Å². The van der Waals surface area contributed by atoms with Crippen LogP contribution in [0.1, 0.15) is 12.5 Å². The predicted octanol–water partition coefficient (Wildman–Crippen LogP) is 2.86. The lowest BCUT2D eigenvalue weighted by Crippen LogP contribution is -2.18. The molecule has 0 amide bonds. The van der Waals surface area contributed by atoms with Crippen molar-refractivity contribution in [1.29, 1.82) is 0 Å². The molecule has 2 N–H and O–H groups in total. The highest BCUT2D eigenvalue weighted by atomic mass is 32.1. The van der Waals surface area contributed by atoms with Crippen LogP contribution in [0, 0.1) is 0 Å². The monoisotopic (exact) mass is 290 g/mol. The van der Waals surface area contributed by atoms with Crippen molar-refractivity contribution in [3.8, 4) is 0 Å². The number of aromatic nitrogens is 2. The Labute approximate surface area is 123 Å². The molecular weight excluding hydrogens is 272 g/mol. The summed E-state index contributed by atoms with van der Waals surface area (Å²) in [5, 5.41) is 10.9. The lowest BCUT2D eigenvalue weighted by Gasteiger charge is -2.09. The maximum Gasteiger partial charge on any atom is 0.175 e. The molecule has 0 saturated heterocycles. The van der Waals surface area contributed by atoms with Crippen LogP contribution in [0.5, 0.6) is 0 Å². The average Bonchev–Trinajstić information content (AvgIpc) is 2.87. The number of hydrogen-bond donors (Lipinski definition) is 2. The van der Waals surface area contributed by atoms with Crippen LogP contribution in [0.25, 0.3) is 0 Å². The summed E-state index contributed by atoms with van der Waals surface area (Å²) < 4.78 is 6.67. The minimum atomic E-state index is 0.417. The quantitative estimate of drug-likeness (QED) is 0.829. The number of ether oxygens (including phenoxy) is 1. The number of thiocarbonyl (C=S) groups is 1. The molecule has 0 aliphatic carbocycles. The predicted molar refractivity (Wildman–Crippen MR) is 84.9 cm³/mol. The highest BCUT2D eigenvalue weighted by Crippen LogP contribution is 2.11. The Morgan fingerprint density at radius 3 is 2.60 bits per heavy atom. The van der Waals surface area contributed by atoms with Crippen LogP contribution in [0.15, 0.2) is 36.7 Å². The van der Waals surface area contributed by atoms with E-state index in [9.17, 15) is 0 Å². The van der Waals surface area contributed by atoms with Gasteiger partial charge in [0.2, 0.25) is 0 Å². The van der Waals surface area contributed by atoms with Crippen molar-refractivity contribution < 1.29 is 4.74 Å². The lowest BCUT2D eigenvalue weighted by atomic mass is 10.1. The van der Waals surface area contributed by atoms with Crippen LogP contribution in [-0.4, -0.2) is 22.0 Å².